The van der Waals surface area contributed by atoms with Crippen molar-refractivity contribution in [1.29, 1.82) is 0 Å². The van der Waals surface area contributed by atoms with E-state index in [4.69, 9.17) is 11.6 Å². The number of nitrogens with zero attached hydrogens (tertiary/aromatic N) is 4. The first-order valence-electron chi connectivity index (χ1n) is 6.39. The summed E-state index contributed by atoms with van der Waals surface area (Å²) in [7, 11) is 1.76. The average Bonchev–Trinajstić information content (AvgIpc) is 2.75. The van der Waals surface area contributed by atoms with Gasteiger partial charge in [0.25, 0.3) is 5.91 Å². The predicted molar refractivity (Wildman–Crippen MR) is 69.6 cm³/mol. The van der Waals surface area contributed by atoms with Gasteiger partial charge in [-0.25, -0.2) is 0 Å². The SMILES string of the molecule is CC(Cl)CC1CCCCN1C(=O)c1cn(C)nn1. The van der Waals surface area contributed by atoms with Crippen molar-refractivity contribution in [2.24, 2.45) is 7.05 Å². The highest BCUT2D eigenvalue weighted by Crippen LogP contribution is 2.23. The molecule has 1 aliphatic heterocycles. The molecule has 6 heteroatoms. The summed E-state index contributed by atoms with van der Waals surface area (Å²) in [6.07, 6.45) is 5.76. The molecule has 0 N–H and O–H groups in total. The van der Waals surface area contributed by atoms with Crippen LogP contribution in [0, 0.1) is 0 Å². The Hall–Kier alpha value is -1.10. The minimum absolute atomic E-state index is 0.0230. The van der Waals surface area contributed by atoms with Gasteiger partial charge < -0.3 is 4.90 Å². The van der Waals surface area contributed by atoms with Crippen molar-refractivity contribution >= 4 is 17.5 Å². The van der Waals surface area contributed by atoms with E-state index in [9.17, 15) is 4.79 Å². The van der Waals surface area contributed by atoms with Gasteiger partial charge in [0, 0.05) is 25.0 Å². The van der Waals surface area contributed by atoms with Gasteiger partial charge in [0.2, 0.25) is 0 Å². The molecule has 0 aliphatic carbocycles. The molecule has 1 amide bonds. The van der Waals surface area contributed by atoms with E-state index in [-0.39, 0.29) is 17.3 Å². The molecule has 1 aromatic heterocycles. The number of aryl methyl sites for hydroxylation is 1. The molecule has 0 radical (unpaired) electrons. The third-order valence-corrected chi connectivity index (χ3v) is 3.48. The van der Waals surface area contributed by atoms with Crippen LogP contribution in [0.5, 0.6) is 0 Å². The van der Waals surface area contributed by atoms with E-state index in [0.717, 1.165) is 25.8 Å². The molecule has 2 rings (SSSR count). The Morgan fingerprint density at radius 1 is 1.61 bits per heavy atom. The van der Waals surface area contributed by atoms with Crippen LogP contribution in [0.4, 0.5) is 0 Å². The molecule has 2 heterocycles. The van der Waals surface area contributed by atoms with E-state index in [1.54, 1.807) is 17.9 Å². The van der Waals surface area contributed by atoms with Gasteiger partial charge in [-0.05, 0) is 32.6 Å². The fourth-order valence-electron chi connectivity index (χ4n) is 2.48. The van der Waals surface area contributed by atoms with Gasteiger partial charge in [-0.2, -0.15) is 0 Å². The monoisotopic (exact) mass is 270 g/mol. The first-order valence-corrected chi connectivity index (χ1v) is 6.83. The summed E-state index contributed by atoms with van der Waals surface area (Å²) in [5, 5.41) is 7.79. The minimum Gasteiger partial charge on any atom is -0.334 e. The lowest BCUT2D eigenvalue weighted by Crippen LogP contribution is -2.44. The third kappa shape index (κ3) is 3.02. The Balaban J connectivity index is 2.10. The summed E-state index contributed by atoms with van der Waals surface area (Å²) in [5.41, 5.74) is 0.423. The summed E-state index contributed by atoms with van der Waals surface area (Å²) < 4.78 is 1.55. The van der Waals surface area contributed by atoms with Gasteiger partial charge in [0.15, 0.2) is 5.69 Å². The van der Waals surface area contributed by atoms with Crippen molar-refractivity contribution in [2.45, 2.75) is 44.0 Å². The number of aromatic nitrogens is 3. The Morgan fingerprint density at radius 2 is 2.39 bits per heavy atom. The van der Waals surface area contributed by atoms with Crippen LogP contribution in [-0.2, 0) is 7.05 Å². The average molecular weight is 271 g/mol. The number of rotatable bonds is 3. The minimum atomic E-state index is -0.0230. The van der Waals surface area contributed by atoms with Crippen LogP contribution in [0.15, 0.2) is 6.20 Å². The van der Waals surface area contributed by atoms with Crippen LogP contribution in [0.25, 0.3) is 0 Å². The second-order valence-corrected chi connectivity index (χ2v) is 5.69. The van der Waals surface area contributed by atoms with E-state index in [1.807, 2.05) is 11.8 Å². The highest BCUT2D eigenvalue weighted by Gasteiger charge is 2.29. The molecule has 0 aromatic carbocycles. The lowest BCUT2D eigenvalue weighted by atomic mass is 9.97. The number of likely N-dealkylation sites (tertiary alicyclic amines) is 1. The first-order chi connectivity index (χ1) is 8.58. The van der Waals surface area contributed by atoms with Crippen LogP contribution in [-0.4, -0.2) is 43.8 Å². The normalized spacial score (nSPS) is 21.9. The molecule has 5 nitrogen and oxygen atoms in total. The molecule has 100 valence electrons. The summed E-state index contributed by atoms with van der Waals surface area (Å²) in [4.78, 5) is 14.3. The van der Waals surface area contributed by atoms with E-state index >= 15 is 0 Å². The summed E-state index contributed by atoms with van der Waals surface area (Å²) in [5.74, 6) is -0.0230. The molecule has 0 bridgehead atoms. The van der Waals surface area contributed by atoms with Crippen LogP contribution in [0.2, 0.25) is 0 Å². The fraction of sp³-hybridized carbons (Fsp3) is 0.750. The van der Waals surface area contributed by atoms with Crippen molar-refractivity contribution in [2.75, 3.05) is 6.54 Å². The van der Waals surface area contributed by atoms with Crippen LogP contribution < -0.4 is 0 Å². The van der Waals surface area contributed by atoms with E-state index in [0.29, 0.717) is 5.69 Å². The fourth-order valence-corrected chi connectivity index (χ4v) is 2.69. The third-order valence-electron chi connectivity index (χ3n) is 3.31. The van der Waals surface area contributed by atoms with E-state index < -0.39 is 0 Å². The van der Waals surface area contributed by atoms with Crippen molar-refractivity contribution in [3.8, 4) is 0 Å². The topological polar surface area (TPSA) is 51.0 Å². The molecule has 0 spiro atoms. The Kier molecular flexibility index (Phi) is 4.22. The number of alkyl halides is 1. The standard InChI is InChI=1S/C12H19ClN4O/c1-9(13)7-10-5-3-4-6-17(10)12(18)11-8-16(2)15-14-11/h8-10H,3-7H2,1-2H3. The number of halogens is 1. The van der Waals surface area contributed by atoms with Gasteiger partial charge in [-0.3, -0.25) is 9.48 Å². The second-order valence-electron chi connectivity index (χ2n) is 4.94. The Morgan fingerprint density at radius 3 is 3.00 bits per heavy atom. The van der Waals surface area contributed by atoms with Gasteiger partial charge in [-0.15, -0.1) is 16.7 Å². The highest BCUT2D eigenvalue weighted by atomic mass is 35.5. The summed E-state index contributed by atoms with van der Waals surface area (Å²) in [6, 6.07) is 0.237. The molecular weight excluding hydrogens is 252 g/mol. The zero-order valence-electron chi connectivity index (χ0n) is 10.8. The van der Waals surface area contributed by atoms with Gasteiger partial charge in [0.1, 0.15) is 0 Å². The Labute approximate surface area is 112 Å². The molecular formula is C12H19ClN4O. The van der Waals surface area contributed by atoms with Crippen molar-refractivity contribution in [3.05, 3.63) is 11.9 Å². The van der Waals surface area contributed by atoms with Crippen molar-refractivity contribution in [1.82, 2.24) is 19.9 Å². The van der Waals surface area contributed by atoms with Gasteiger partial charge in [-0.1, -0.05) is 5.21 Å². The van der Waals surface area contributed by atoms with Crippen LogP contribution in [0.1, 0.15) is 43.1 Å². The van der Waals surface area contributed by atoms with E-state index in [1.165, 1.54) is 6.42 Å². The number of piperidine rings is 1. The molecule has 1 saturated heterocycles. The maximum absolute atomic E-state index is 12.4. The lowest BCUT2D eigenvalue weighted by Gasteiger charge is -2.35. The highest BCUT2D eigenvalue weighted by molar-refractivity contribution is 6.20. The molecule has 18 heavy (non-hydrogen) atoms. The second kappa shape index (κ2) is 5.69. The molecule has 1 aliphatic rings. The smallest absolute Gasteiger partial charge is 0.276 e. The quantitative estimate of drug-likeness (QED) is 0.788. The summed E-state index contributed by atoms with van der Waals surface area (Å²) in [6.45, 7) is 2.77. The number of carbonyl (C=O) groups excluding carboxylic acids is 1. The largest absolute Gasteiger partial charge is 0.334 e. The molecule has 2 atom stereocenters. The van der Waals surface area contributed by atoms with Gasteiger partial charge in [0.05, 0.1) is 6.20 Å². The van der Waals surface area contributed by atoms with Crippen molar-refractivity contribution < 1.29 is 4.79 Å². The van der Waals surface area contributed by atoms with Crippen LogP contribution in [0.3, 0.4) is 0 Å². The number of carbonyl (C=O) groups is 1. The maximum Gasteiger partial charge on any atom is 0.276 e. The summed E-state index contributed by atoms with van der Waals surface area (Å²) >= 11 is 6.06. The van der Waals surface area contributed by atoms with Gasteiger partial charge >= 0.3 is 0 Å². The van der Waals surface area contributed by atoms with E-state index in [2.05, 4.69) is 10.3 Å². The number of hydrogen-bond acceptors (Lipinski definition) is 3. The molecule has 2 unspecified atom stereocenters. The zero-order valence-corrected chi connectivity index (χ0v) is 11.6. The maximum atomic E-state index is 12.4. The first kappa shape index (κ1) is 13.3. The lowest BCUT2D eigenvalue weighted by molar-refractivity contribution is 0.0596. The van der Waals surface area contributed by atoms with Crippen molar-refractivity contribution in [3.63, 3.8) is 0 Å². The number of hydrogen-bond donors (Lipinski definition) is 0. The predicted octanol–water partition coefficient (Wildman–Crippen LogP) is 1.83. The molecule has 1 aromatic rings. The zero-order chi connectivity index (χ0) is 13.1. The molecule has 1 fully saturated rings. The molecule has 0 saturated carbocycles. The number of amides is 1. The Bertz CT molecular complexity index is 418. The van der Waals surface area contributed by atoms with Crippen LogP contribution >= 0.6 is 11.6 Å².